The van der Waals surface area contributed by atoms with Crippen LogP contribution in [-0.4, -0.2) is 41.0 Å². The molecule has 0 radical (unpaired) electrons. The van der Waals surface area contributed by atoms with Crippen molar-refractivity contribution in [2.24, 2.45) is 9.98 Å². The number of urea groups is 1. The Balaban J connectivity index is 2.04. The molecule has 16 heavy (non-hydrogen) atoms. The fourth-order valence-electron chi connectivity index (χ4n) is 1.22. The van der Waals surface area contributed by atoms with Crippen LogP contribution in [0.1, 0.15) is 6.42 Å². The molecule has 8 heteroatoms. The number of nitrogens with one attached hydrogen (secondary N) is 2. The van der Waals surface area contributed by atoms with Gasteiger partial charge in [0, 0.05) is 5.75 Å². The van der Waals surface area contributed by atoms with Crippen molar-refractivity contribution in [3.8, 4) is 0 Å². The van der Waals surface area contributed by atoms with Crippen molar-refractivity contribution in [3.05, 3.63) is 0 Å². The number of thioether (sulfide) groups is 1. The van der Waals surface area contributed by atoms with Gasteiger partial charge >= 0.3 is 6.03 Å². The van der Waals surface area contributed by atoms with E-state index in [0.717, 1.165) is 5.75 Å². The van der Waals surface area contributed by atoms with Crippen LogP contribution in [0, 0.1) is 0 Å². The summed E-state index contributed by atoms with van der Waals surface area (Å²) in [6.07, 6.45) is -0.185. The fraction of sp³-hybridized carbons (Fsp3) is 0.375. The fourth-order valence-corrected chi connectivity index (χ4v) is 1.94. The normalized spacial score (nSPS) is 20.0. The highest BCUT2D eigenvalue weighted by atomic mass is 32.2. The molecule has 84 valence electrons. The molecular formula is C8H8N4O3S. The minimum Gasteiger partial charge on any atom is -0.300 e. The van der Waals surface area contributed by atoms with Gasteiger partial charge in [-0.1, -0.05) is 11.8 Å². The maximum atomic E-state index is 11.6. The van der Waals surface area contributed by atoms with Gasteiger partial charge in [-0.3, -0.25) is 19.9 Å². The zero-order valence-electron chi connectivity index (χ0n) is 8.15. The van der Waals surface area contributed by atoms with Gasteiger partial charge in [-0.2, -0.15) is 4.99 Å². The van der Waals surface area contributed by atoms with E-state index in [1.165, 1.54) is 11.8 Å². The zero-order chi connectivity index (χ0) is 11.5. The van der Waals surface area contributed by atoms with E-state index in [0.29, 0.717) is 11.7 Å². The molecule has 0 spiro atoms. The number of carbonyl (C=O) groups is 3. The Morgan fingerprint density at radius 3 is 2.88 bits per heavy atom. The standard InChI is InChI=1S/C8H8N4O3S/c13-5-3-4(10-7(15)11-5)6(14)12-8-9-1-2-16-8/h1-3H2,(H,9,12,14)(H,11,13,15). The Morgan fingerprint density at radius 2 is 2.25 bits per heavy atom. The van der Waals surface area contributed by atoms with E-state index >= 15 is 0 Å². The van der Waals surface area contributed by atoms with Gasteiger partial charge in [0.1, 0.15) is 5.71 Å². The Hall–Kier alpha value is -1.70. The number of amides is 4. The highest BCUT2D eigenvalue weighted by Gasteiger charge is 2.24. The first-order valence-corrected chi connectivity index (χ1v) is 5.53. The number of hydrogen-bond acceptors (Lipinski definition) is 5. The highest BCUT2D eigenvalue weighted by Crippen LogP contribution is 2.09. The second-order valence-corrected chi connectivity index (χ2v) is 4.16. The summed E-state index contributed by atoms with van der Waals surface area (Å²) >= 11 is 1.41. The van der Waals surface area contributed by atoms with E-state index < -0.39 is 17.8 Å². The Labute approximate surface area is 94.8 Å². The number of amidine groups is 1. The van der Waals surface area contributed by atoms with Gasteiger partial charge in [0.05, 0.1) is 13.0 Å². The van der Waals surface area contributed by atoms with Gasteiger partial charge in [0.2, 0.25) is 5.91 Å². The summed E-state index contributed by atoms with van der Waals surface area (Å²) in [6, 6.07) is -0.803. The van der Waals surface area contributed by atoms with E-state index in [-0.39, 0.29) is 12.1 Å². The summed E-state index contributed by atoms with van der Waals surface area (Å²) in [5.74, 6) is -0.246. The molecule has 0 aromatic carbocycles. The third kappa shape index (κ3) is 2.45. The number of imide groups is 1. The molecule has 0 aromatic heterocycles. The van der Waals surface area contributed by atoms with Crippen molar-refractivity contribution in [3.63, 3.8) is 0 Å². The van der Waals surface area contributed by atoms with E-state index in [1.807, 2.05) is 5.32 Å². The largest absolute Gasteiger partial charge is 0.348 e. The van der Waals surface area contributed by atoms with Crippen molar-refractivity contribution in [2.45, 2.75) is 6.42 Å². The van der Waals surface area contributed by atoms with Crippen LogP contribution in [0.2, 0.25) is 0 Å². The number of carbonyl (C=O) groups excluding carboxylic acids is 3. The summed E-state index contributed by atoms with van der Waals surface area (Å²) in [6.45, 7) is 0.659. The molecule has 0 fully saturated rings. The Morgan fingerprint density at radius 1 is 1.44 bits per heavy atom. The Bertz CT molecular complexity index is 429. The SMILES string of the molecule is O=C1CC(C(=O)NC2=NCCS2)=NC(=O)N1. The smallest absolute Gasteiger partial charge is 0.300 e. The summed E-state index contributed by atoms with van der Waals surface area (Å²) in [5, 5.41) is 4.98. The molecule has 2 heterocycles. The van der Waals surface area contributed by atoms with Gasteiger partial charge in [0.25, 0.3) is 5.91 Å². The maximum Gasteiger partial charge on any atom is 0.348 e. The van der Waals surface area contributed by atoms with Crippen LogP contribution >= 0.6 is 11.8 Å². The van der Waals surface area contributed by atoms with Crippen LogP contribution in [0.5, 0.6) is 0 Å². The monoisotopic (exact) mass is 240 g/mol. The highest BCUT2D eigenvalue weighted by molar-refractivity contribution is 8.14. The molecule has 0 aliphatic carbocycles. The quantitative estimate of drug-likeness (QED) is 0.632. The second kappa shape index (κ2) is 4.44. The average molecular weight is 240 g/mol. The average Bonchev–Trinajstić information content (AvgIpc) is 2.68. The van der Waals surface area contributed by atoms with Crippen LogP contribution in [-0.2, 0) is 9.59 Å². The van der Waals surface area contributed by atoms with E-state index in [1.54, 1.807) is 0 Å². The van der Waals surface area contributed by atoms with Gasteiger partial charge in [0.15, 0.2) is 5.17 Å². The lowest BCUT2D eigenvalue weighted by atomic mass is 10.2. The van der Waals surface area contributed by atoms with Crippen molar-refractivity contribution in [2.75, 3.05) is 12.3 Å². The molecular weight excluding hydrogens is 232 g/mol. The summed E-state index contributed by atoms with van der Waals surface area (Å²) < 4.78 is 0. The van der Waals surface area contributed by atoms with Crippen LogP contribution in [0.25, 0.3) is 0 Å². The van der Waals surface area contributed by atoms with Gasteiger partial charge < -0.3 is 5.32 Å². The van der Waals surface area contributed by atoms with E-state index in [4.69, 9.17) is 0 Å². The third-order valence-corrected chi connectivity index (χ3v) is 2.77. The minimum atomic E-state index is -0.803. The number of aliphatic imine (C=N–C) groups is 2. The van der Waals surface area contributed by atoms with Crippen LogP contribution in [0.15, 0.2) is 9.98 Å². The number of hydrogen-bond donors (Lipinski definition) is 2. The molecule has 2 aliphatic rings. The lowest BCUT2D eigenvalue weighted by Crippen LogP contribution is -2.42. The van der Waals surface area contributed by atoms with Crippen LogP contribution in [0.3, 0.4) is 0 Å². The predicted molar refractivity (Wildman–Crippen MR) is 58.5 cm³/mol. The first kappa shape index (κ1) is 10.8. The van der Waals surface area contributed by atoms with Gasteiger partial charge in [-0.15, -0.1) is 0 Å². The molecule has 2 rings (SSSR count). The molecule has 0 saturated heterocycles. The summed E-state index contributed by atoms with van der Waals surface area (Å²) in [7, 11) is 0. The zero-order valence-corrected chi connectivity index (χ0v) is 8.97. The molecule has 0 saturated carbocycles. The van der Waals surface area contributed by atoms with E-state index in [9.17, 15) is 14.4 Å². The van der Waals surface area contributed by atoms with Crippen molar-refractivity contribution < 1.29 is 14.4 Å². The molecule has 0 bridgehead atoms. The topological polar surface area (TPSA) is 100.0 Å². The maximum absolute atomic E-state index is 11.6. The number of nitrogens with zero attached hydrogens (tertiary/aromatic N) is 2. The molecule has 0 unspecified atom stereocenters. The molecule has 4 amide bonds. The minimum absolute atomic E-state index is 0.0797. The second-order valence-electron chi connectivity index (χ2n) is 3.08. The summed E-state index contributed by atoms with van der Waals surface area (Å²) in [4.78, 5) is 40.9. The van der Waals surface area contributed by atoms with Crippen LogP contribution < -0.4 is 10.6 Å². The first-order chi connectivity index (χ1) is 7.65. The molecule has 0 atom stereocenters. The third-order valence-electron chi connectivity index (χ3n) is 1.88. The lowest BCUT2D eigenvalue weighted by molar-refractivity contribution is -0.120. The molecule has 2 N–H and O–H groups in total. The molecule has 7 nitrogen and oxygen atoms in total. The summed E-state index contributed by atoms with van der Waals surface area (Å²) in [5.41, 5.74) is -0.0797. The lowest BCUT2D eigenvalue weighted by Gasteiger charge is -2.10. The van der Waals surface area contributed by atoms with Gasteiger partial charge in [-0.05, 0) is 0 Å². The Kier molecular flexibility index (Phi) is 3.00. The van der Waals surface area contributed by atoms with Crippen molar-refractivity contribution in [1.29, 1.82) is 0 Å². The van der Waals surface area contributed by atoms with E-state index in [2.05, 4.69) is 15.3 Å². The van der Waals surface area contributed by atoms with Crippen molar-refractivity contribution >= 4 is 40.5 Å². The van der Waals surface area contributed by atoms with Gasteiger partial charge in [-0.25, -0.2) is 4.79 Å². The van der Waals surface area contributed by atoms with Crippen molar-refractivity contribution in [1.82, 2.24) is 10.6 Å². The number of rotatable bonds is 1. The molecule has 2 aliphatic heterocycles. The molecule has 0 aromatic rings. The van der Waals surface area contributed by atoms with Crippen LogP contribution in [0.4, 0.5) is 4.79 Å². The predicted octanol–water partition coefficient (Wildman–Crippen LogP) is -0.714. The first-order valence-electron chi connectivity index (χ1n) is 4.55.